The molecule has 1 N–H and O–H groups in total. The van der Waals surface area contributed by atoms with Crippen LogP contribution in [0.25, 0.3) is 33.4 Å². The highest BCUT2D eigenvalue weighted by Gasteiger charge is 2.17. The lowest BCUT2D eigenvalue weighted by Gasteiger charge is -2.06. The maximum absolute atomic E-state index is 12.8. The van der Waals surface area contributed by atoms with Crippen LogP contribution in [0.15, 0.2) is 63.2 Å². The summed E-state index contributed by atoms with van der Waals surface area (Å²) in [5, 5.41) is 18.3. The fourth-order valence-corrected chi connectivity index (χ4v) is 5.20. The molecule has 0 bridgehead atoms. The van der Waals surface area contributed by atoms with Gasteiger partial charge >= 0.3 is 0 Å². The largest absolute Gasteiger partial charge is 0.360 e. The van der Waals surface area contributed by atoms with Gasteiger partial charge in [0.25, 0.3) is 0 Å². The quantitative estimate of drug-likeness (QED) is 0.251. The second-order valence-electron chi connectivity index (χ2n) is 6.78. The number of nitrogens with zero attached hydrogens (tertiary/aromatic N) is 3. The number of thioether (sulfide) groups is 1. The van der Waals surface area contributed by atoms with Crippen molar-refractivity contribution >= 4 is 51.1 Å². The molecule has 0 atom stereocenters. The lowest BCUT2D eigenvalue weighted by Crippen LogP contribution is -2.04. The number of rotatable bonds is 6. The smallest absolute Gasteiger partial charge is 0.210 e. The number of ketones is 1. The minimum Gasteiger partial charge on any atom is -0.360 e. The van der Waals surface area contributed by atoms with Crippen LogP contribution in [-0.4, -0.2) is 31.7 Å². The Morgan fingerprint density at radius 3 is 2.53 bits per heavy atom. The molecule has 0 unspecified atom stereocenters. The number of fused-ring (bicyclic) bond motifs is 1. The zero-order valence-corrected chi connectivity index (χ0v) is 18.4. The maximum Gasteiger partial charge on any atom is 0.210 e. The number of hydrogen-bond donors (Lipinski definition) is 1. The number of hydrogen-bond acceptors (Lipinski definition) is 7. The van der Waals surface area contributed by atoms with E-state index in [4.69, 9.17) is 4.98 Å². The first kappa shape index (κ1) is 19.2. The Balaban J connectivity index is 1.41. The summed E-state index contributed by atoms with van der Waals surface area (Å²) in [5.41, 5.74) is 6.39. The van der Waals surface area contributed by atoms with Crippen molar-refractivity contribution in [1.29, 1.82) is 0 Å². The Labute approximate surface area is 185 Å². The summed E-state index contributed by atoms with van der Waals surface area (Å²) in [4.78, 5) is 20.8. The average Bonchev–Trinajstić information content (AvgIpc) is 3.53. The van der Waals surface area contributed by atoms with Gasteiger partial charge in [-0.25, -0.2) is 4.98 Å². The Bertz CT molecular complexity index is 1320. The van der Waals surface area contributed by atoms with Crippen molar-refractivity contribution in [3.05, 3.63) is 69.2 Å². The highest BCUT2D eigenvalue weighted by Crippen LogP contribution is 2.32. The Morgan fingerprint density at radius 2 is 1.80 bits per heavy atom. The number of aromatic nitrogens is 4. The van der Waals surface area contributed by atoms with Crippen LogP contribution in [0.4, 0.5) is 0 Å². The topological polar surface area (TPSA) is 71.5 Å². The van der Waals surface area contributed by atoms with E-state index in [0.29, 0.717) is 10.7 Å². The van der Waals surface area contributed by atoms with E-state index >= 15 is 0 Å². The monoisotopic (exact) mass is 448 g/mol. The number of aromatic amines is 1. The molecule has 1 aromatic carbocycles. The van der Waals surface area contributed by atoms with Crippen molar-refractivity contribution in [2.45, 2.75) is 12.1 Å². The Kier molecular flexibility index (Phi) is 5.20. The molecule has 30 heavy (non-hydrogen) atoms. The van der Waals surface area contributed by atoms with E-state index in [1.165, 1.54) is 11.8 Å². The average molecular weight is 449 g/mol. The first-order chi connectivity index (χ1) is 14.7. The summed E-state index contributed by atoms with van der Waals surface area (Å²) in [6, 6.07) is 10.1. The maximum atomic E-state index is 12.8. The second-order valence-corrected chi connectivity index (χ2v) is 9.28. The van der Waals surface area contributed by atoms with Crippen LogP contribution in [0.5, 0.6) is 0 Å². The third-order valence-corrected chi connectivity index (χ3v) is 6.93. The molecule has 0 aliphatic heterocycles. The number of Topliss-reactive ketones (excluding diaryl/α,β-unsaturated/α-hetero) is 1. The molecule has 5 aromatic rings. The van der Waals surface area contributed by atoms with Crippen LogP contribution in [0.2, 0.25) is 0 Å². The van der Waals surface area contributed by atoms with Gasteiger partial charge in [0.2, 0.25) is 5.16 Å². The minimum atomic E-state index is 0.0395. The van der Waals surface area contributed by atoms with Gasteiger partial charge < -0.3 is 4.98 Å². The highest BCUT2D eigenvalue weighted by molar-refractivity contribution is 7.99. The molecule has 0 saturated heterocycles. The summed E-state index contributed by atoms with van der Waals surface area (Å²) in [6.07, 6.45) is 1.78. The zero-order valence-electron chi connectivity index (χ0n) is 16.0. The van der Waals surface area contributed by atoms with Crippen molar-refractivity contribution in [2.24, 2.45) is 0 Å². The molecule has 8 heteroatoms. The number of aryl methyl sites for hydroxylation is 1. The van der Waals surface area contributed by atoms with Crippen LogP contribution >= 0.6 is 34.4 Å². The fourth-order valence-electron chi connectivity index (χ4n) is 3.24. The molecule has 5 rings (SSSR count). The molecule has 5 nitrogen and oxygen atoms in total. The predicted molar refractivity (Wildman–Crippen MR) is 125 cm³/mol. The number of carbonyl (C=O) groups is 1. The predicted octanol–water partition coefficient (Wildman–Crippen LogP) is 6.09. The normalized spacial score (nSPS) is 11.2. The van der Waals surface area contributed by atoms with E-state index in [2.05, 4.69) is 15.2 Å². The molecule has 0 saturated carbocycles. The van der Waals surface area contributed by atoms with Gasteiger partial charge in [0.05, 0.1) is 5.75 Å². The first-order valence-corrected chi connectivity index (χ1v) is 12.1. The molecule has 0 fully saturated rings. The molecule has 4 aromatic heterocycles. The number of thiophene rings is 2. The lowest BCUT2D eigenvalue weighted by atomic mass is 10.1. The van der Waals surface area contributed by atoms with Crippen LogP contribution in [0, 0.1) is 6.92 Å². The molecule has 0 amide bonds. The van der Waals surface area contributed by atoms with Gasteiger partial charge in [-0.1, -0.05) is 23.9 Å². The SMILES string of the molecule is Cc1ccc2c(C(=O)CSc3nnc(-c4ccsc4)c(-c4ccsc4)n3)c[nH]c2c1. The molecule has 148 valence electrons. The molecule has 0 spiro atoms. The standard InChI is InChI=1S/C22H16N4OS3/c1-13-2-3-16-17(9-23-18(16)8-13)19(27)12-30-22-24-20(14-4-6-28-10-14)21(25-26-22)15-5-7-29-11-15/h2-11,23H,12H2,1H3. The molecule has 4 heterocycles. The summed E-state index contributed by atoms with van der Waals surface area (Å²) >= 11 is 4.54. The van der Waals surface area contributed by atoms with Crippen LogP contribution in [0.3, 0.4) is 0 Å². The Morgan fingerprint density at radius 1 is 1.03 bits per heavy atom. The first-order valence-electron chi connectivity index (χ1n) is 9.22. The highest BCUT2D eigenvalue weighted by atomic mass is 32.2. The summed E-state index contributed by atoms with van der Waals surface area (Å²) in [5.74, 6) is 0.293. The second kappa shape index (κ2) is 8.14. The van der Waals surface area contributed by atoms with Gasteiger partial charge in [-0.3, -0.25) is 4.79 Å². The third-order valence-electron chi connectivity index (χ3n) is 4.73. The van der Waals surface area contributed by atoms with Gasteiger partial charge in [0.1, 0.15) is 11.4 Å². The van der Waals surface area contributed by atoms with Crippen molar-refractivity contribution in [1.82, 2.24) is 20.2 Å². The van der Waals surface area contributed by atoms with Crippen LogP contribution in [-0.2, 0) is 0 Å². The van der Waals surface area contributed by atoms with E-state index in [-0.39, 0.29) is 11.5 Å². The lowest BCUT2D eigenvalue weighted by molar-refractivity contribution is 0.102. The molecule has 0 aliphatic carbocycles. The number of nitrogens with one attached hydrogen (secondary N) is 1. The van der Waals surface area contributed by atoms with E-state index < -0.39 is 0 Å². The van der Waals surface area contributed by atoms with Gasteiger partial charge in [0.15, 0.2) is 5.78 Å². The van der Waals surface area contributed by atoms with E-state index in [9.17, 15) is 4.79 Å². The van der Waals surface area contributed by atoms with Crippen LogP contribution in [0.1, 0.15) is 15.9 Å². The van der Waals surface area contributed by atoms with Gasteiger partial charge in [-0.15, -0.1) is 10.2 Å². The van der Waals surface area contributed by atoms with Gasteiger partial charge in [0, 0.05) is 44.6 Å². The number of carbonyl (C=O) groups excluding carboxylic acids is 1. The molecular formula is C22H16N4OS3. The summed E-state index contributed by atoms with van der Waals surface area (Å²) in [7, 11) is 0. The number of H-pyrrole nitrogens is 1. The third kappa shape index (κ3) is 3.69. The molecular weight excluding hydrogens is 432 g/mol. The molecule has 0 radical (unpaired) electrons. The van der Waals surface area contributed by atoms with Gasteiger partial charge in [-0.05, 0) is 41.4 Å². The fraction of sp³-hybridized carbons (Fsp3) is 0.0909. The summed E-state index contributed by atoms with van der Waals surface area (Å²) < 4.78 is 0. The van der Waals surface area contributed by atoms with Gasteiger partial charge in [-0.2, -0.15) is 22.7 Å². The van der Waals surface area contributed by atoms with Crippen molar-refractivity contribution < 1.29 is 4.79 Å². The Hall–Kier alpha value is -2.81. The van der Waals surface area contributed by atoms with E-state index in [0.717, 1.165) is 39.0 Å². The van der Waals surface area contributed by atoms with Crippen LogP contribution < -0.4 is 0 Å². The zero-order chi connectivity index (χ0) is 20.5. The molecule has 0 aliphatic rings. The van der Waals surface area contributed by atoms with E-state index in [1.54, 1.807) is 28.9 Å². The number of benzene rings is 1. The minimum absolute atomic E-state index is 0.0395. The summed E-state index contributed by atoms with van der Waals surface area (Å²) in [6.45, 7) is 2.03. The van der Waals surface area contributed by atoms with Crippen molar-refractivity contribution in [3.63, 3.8) is 0 Å². The van der Waals surface area contributed by atoms with Crippen molar-refractivity contribution in [3.8, 4) is 22.5 Å². The van der Waals surface area contributed by atoms with E-state index in [1.807, 2.05) is 58.8 Å². The van der Waals surface area contributed by atoms with Crippen molar-refractivity contribution in [2.75, 3.05) is 5.75 Å².